The van der Waals surface area contributed by atoms with Crippen LogP contribution in [-0.4, -0.2) is 95.1 Å². The number of aromatic nitrogens is 4. The number of amides is 2. The highest BCUT2D eigenvalue weighted by Gasteiger charge is 2.39. The first kappa shape index (κ1) is 41.3. The number of benzene rings is 2. The lowest BCUT2D eigenvalue weighted by Crippen LogP contribution is -2.51. The monoisotopic (exact) mass is 806 g/mol. The van der Waals surface area contributed by atoms with Crippen molar-refractivity contribution in [3.05, 3.63) is 72.6 Å². The van der Waals surface area contributed by atoms with E-state index >= 15 is 0 Å². The molecule has 2 aliphatic heterocycles. The largest absolute Gasteiger partial charge is 0.346 e. The number of carbonyl (C=O) groups is 2. The molecule has 0 spiro atoms. The van der Waals surface area contributed by atoms with Gasteiger partial charge in [-0.15, -0.1) is 0 Å². The normalized spacial score (nSPS) is 18.9. The molecule has 0 aliphatic carbocycles. The number of rotatable bonds is 15. The average Bonchev–Trinajstić information content (AvgIpc) is 4.02. The van der Waals surface area contributed by atoms with E-state index in [0.29, 0.717) is 24.7 Å². The lowest BCUT2D eigenvalue weighted by molar-refractivity contribution is -0.135. The number of hydrogen-bond acceptors (Lipinski definition) is 8. The highest BCUT2D eigenvalue weighted by Crippen LogP contribution is 2.35. The van der Waals surface area contributed by atoms with Gasteiger partial charge in [0.25, 0.3) is 0 Å². The highest BCUT2D eigenvalue weighted by molar-refractivity contribution is 7.89. The van der Waals surface area contributed by atoms with Gasteiger partial charge in [-0.05, 0) is 62.5 Å². The zero-order valence-electron chi connectivity index (χ0n) is 32.9. The van der Waals surface area contributed by atoms with Gasteiger partial charge in [-0.3, -0.25) is 9.59 Å². The van der Waals surface area contributed by atoms with Crippen molar-refractivity contribution in [2.75, 3.05) is 24.6 Å². The number of sulfonamides is 2. The van der Waals surface area contributed by atoms with Crippen molar-refractivity contribution >= 4 is 31.9 Å². The quantitative estimate of drug-likeness (QED) is 0.123. The number of nitrogens with zero attached hydrogens (tertiary/aromatic N) is 4. The summed E-state index contributed by atoms with van der Waals surface area (Å²) in [5.74, 6) is 0.297. The Kier molecular flexibility index (Phi) is 12.5. The van der Waals surface area contributed by atoms with E-state index in [-0.39, 0.29) is 47.2 Å². The first-order valence-electron chi connectivity index (χ1n) is 19.5. The van der Waals surface area contributed by atoms with Crippen LogP contribution in [0, 0.1) is 11.8 Å². The summed E-state index contributed by atoms with van der Waals surface area (Å²) in [6.07, 6.45) is 6.77. The third-order valence-corrected chi connectivity index (χ3v) is 13.6. The third-order valence-electron chi connectivity index (χ3n) is 10.8. The molecule has 4 atom stereocenters. The second-order valence-electron chi connectivity index (χ2n) is 15.4. The molecule has 4 heterocycles. The van der Waals surface area contributed by atoms with Crippen LogP contribution in [0.2, 0.25) is 0 Å². The van der Waals surface area contributed by atoms with Gasteiger partial charge in [0.05, 0.1) is 35.0 Å². The number of imidazole rings is 2. The van der Waals surface area contributed by atoms with Crippen molar-refractivity contribution in [1.29, 1.82) is 0 Å². The van der Waals surface area contributed by atoms with E-state index in [1.54, 1.807) is 23.6 Å². The Bertz CT molecular complexity index is 2060. The van der Waals surface area contributed by atoms with Crippen LogP contribution in [0.5, 0.6) is 0 Å². The molecular weight excluding hydrogens is 753 g/mol. The van der Waals surface area contributed by atoms with Gasteiger partial charge >= 0.3 is 0 Å². The summed E-state index contributed by atoms with van der Waals surface area (Å²) in [6, 6.07) is 14.0. The Labute approximate surface area is 330 Å². The van der Waals surface area contributed by atoms with Crippen LogP contribution in [0.3, 0.4) is 0 Å². The van der Waals surface area contributed by atoms with Gasteiger partial charge in [0.1, 0.15) is 23.7 Å². The molecule has 2 amide bonds. The van der Waals surface area contributed by atoms with Crippen molar-refractivity contribution in [3.8, 4) is 33.6 Å². The number of carbonyl (C=O) groups excluding carboxylic acids is 2. The number of H-pyrrole nitrogens is 2. The minimum atomic E-state index is -3.56. The van der Waals surface area contributed by atoms with Crippen LogP contribution in [0.25, 0.3) is 33.6 Å². The van der Waals surface area contributed by atoms with E-state index < -0.39 is 32.1 Å². The molecule has 4 N–H and O–H groups in total. The molecule has 2 aliphatic rings. The molecule has 4 aromatic rings. The molecule has 2 aromatic heterocycles. The van der Waals surface area contributed by atoms with E-state index in [0.717, 1.165) is 59.3 Å². The van der Waals surface area contributed by atoms with Gasteiger partial charge in [-0.25, -0.2) is 36.2 Å². The molecule has 302 valence electrons. The van der Waals surface area contributed by atoms with Gasteiger partial charge in [0.2, 0.25) is 31.9 Å². The van der Waals surface area contributed by atoms with E-state index in [1.165, 1.54) is 0 Å². The van der Waals surface area contributed by atoms with E-state index in [4.69, 9.17) is 9.97 Å². The molecular formula is C40H54N8O6S2. The van der Waals surface area contributed by atoms with Crippen LogP contribution in [0.1, 0.15) is 91.0 Å². The Hall–Kier alpha value is -4.38. The topological polar surface area (TPSA) is 190 Å². The third kappa shape index (κ3) is 9.09. The van der Waals surface area contributed by atoms with Crippen LogP contribution in [0.4, 0.5) is 0 Å². The fourth-order valence-electron chi connectivity index (χ4n) is 7.46. The van der Waals surface area contributed by atoms with Gasteiger partial charge in [0, 0.05) is 36.6 Å². The van der Waals surface area contributed by atoms with Crippen molar-refractivity contribution in [3.63, 3.8) is 0 Å². The minimum Gasteiger partial charge on any atom is -0.346 e. The molecule has 2 saturated heterocycles. The number of likely N-dealkylation sites (tertiary alicyclic amines) is 2. The predicted octanol–water partition coefficient (Wildman–Crippen LogP) is 5.39. The Morgan fingerprint density at radius 1 is 0.643 bits per heavy atom. The number of hydrogen-bond donors (Lipinski definition) is 4. The summed E-state index contributed by atoms with van der Waals surface area (Å²) in [6.45, 7) is 11.6. The highest BCUT2D eigenvalue weighted by atomic mass is 32.2. The van der Waals surface area contributed by atoms with Gasteiger partial charge in [-0.2, -0.15) is 0 Å². The zero-order chi connectivity index (χ0) is 40.4. The summed E-state index contributed by atoms with van der Waals surface area (Å²) < 4.78 is 54.6. The second-order valence-corrected chi connectivity index (χ2v) is 19.4. The molecule has 6 rings (SSSR count). The maximum atomic E-state index is 13.6. The first-order chi connectivity index (χ1) is 26.6. The molecule has 0 saturated carbocycles. The van der Waals surface area contributed by atoms with Crippen LogP contribution >= 0.6 is 0 Å². The number of nitrogens with one attached hydrogen (secondary N) is 4. The van der Waals surface area contributed by atoms with Gasteiger partial charge in [-0.1, -0.05) is 76.2 Å². The minimum absolute atomic E-state index is 0.0909. The molecule has 16 heteroatoms. The molecule has 56 heavy (non-hydrogen) atoms. The Morgan fingerprint density at radius 3 is 1.30 bits per heavy atom. The van der Waals surface area contributed by atoms with E-state index in [1.807, 2.05) is 88.6 Å². The Balaban J connectivity index is 1.11. The Morgan fingerprint density at radius 2 is 0.982 bits per heavy atom. The first-order valence-corrected chi connectivity index (χ1v) is 22.8. The van der Waals surface area contributed by atoms with Crippen molar-refractivity contribution in [2.45, 2.75) is 91.4 Å². The average molecular weight is 807 g/mol. The van der Waals surface area contributed by atoms with Crippen LogP contribution in [-0.2, 0) is 29.6 Å². The summed E-state index contributed by atoms with van der Waals surface area (Å²) in [4.78, 5) is 47.0. The van der Waals surface area contributed by atoms with E-state index in [9.17, 15) is 26.4 Å². The van der Waals surface area contributed by atoms with Gasteiger partial charge < -0.3 is 19.8 Å². The molecule has 14 nitrogen and oxygen atoms in total. The summed E-state index contributed by atoms with van der Waals surface area (Å²) in [5.41, 5.74) is 5.41. The molecule has 2 aromatic carbocycles. The van der Waals surface area contributed by atoms with Crippen LogP contribution < -0.4 is 9.44 Å². The summed E-state index contributed by atoms with van der Waals surface area (Å²) in [7, 11) is -7.11. The SMILES string of the molecule is CCS(=O)(=O)N[C@H](C(=O)N1CCC[C@H]1c1nc(-c2ccc(-c3ccc(-c4c[nH]c([C@@H]5CCCN5C(=O)[C@@H](NS(=O)(=O)CC)C(C)C)n4)cc3)cc2)c[nH]1)C(C)C. The fourth-order valence-corrected chi connectivity index (χ4v) is 9.31. The van der Waals surface area contributed by atoms with Crippen molar-refractivity contribution in [2.24, 2.45) is 11.8 Å². The maximum Gasteiger partial charge on any atom is 0.241 e. The molecule has 0 unspecified atom stereocenters. The maximum absolute atomic E-state index is 13.6. The molecule has 0 bridgehead atoms. The summed E-state index contributed by atoms with van der Waals surface area (Å²) >= 11 is 0. The summed E-state index contributed by atoms with van der Waals surface area (Å²) in [5, 5.41) is 0. The fraction of sp³-hybridized carbons (Fsp3) is 0.500. The lowest BCUT2D eigenvalue weighted by atomic mass is 10.0. The zero-order valence-corrected chi connectivity index (χ0v) is 34.6. The lowest BCUT2D eigenvalue weighted by Gasteiger charge is -2.30. The second kappa shape index (κ2) is 17.0. The molecule has 0 radical (unpaired) electrons. The van der Waals surface area contributed by atoms with Gasteiger partial charge in [0.15, 0.2) is 0 Å². The standard InChI is InChI=1S/C40H54N8O6S2/c1-7-55(51,52)45-35(25(3)4)39(49)47-21-9-11-33(47)37-41-23-31(43-37)29-17-13-27(14-18-29)28-15-19-30(20-16-28)32-24-42-38(44-32)34-12-10-22-48(34)40(50)36(26(5)6)46-56(53,54)8-2/h13-20,23-26,33-36,45-46H,7-12,21-22H2,1-6H3,(H,41,43)(H,42,44)/t33-,34-,35-,36-/m0/s1. The van der Waals surface area contributed by atoms with Crippen molar-refractivity contribution in [1.82, 2.24) is 39.2 Å². The predicted molar refractivity (Wildman–Crippen MR) is 217 cm³/mol. The number of aromatic amines is 2. The molecule has 2 fully saturated rings. The smallest absolute Gasteiger partial charge is 0.241 e. The van der Waals surface area contributed by atoms with Crippen LogP contribution in [0.15, 0.2) is 60.9 Å². The van der Waals surface area contributed by atoms with E-state index in [2.05, 4.69) is 19.4 Å². The van der Waals surface area contributed by atoms with Crippen molar-refractivity contribution < 1.29 is 26.4 Å².